The van der Waals surface area contributed by atoms with Gasteiger partial charge in [-0.05, 0) is 12.1 Å². The van der Waals surface area contributed by atoms with E-state index in [1.165, 1.54) is 0 Å². The van der Waals surface area contributed by atoms with Gasteiger partial charge in [-0.3, -0.25) is 4.79 Å². The van der Waals surface area contributed by atoms with Gasteiger partial charge in [0.15, 0.2) is 11.5 Å². The highest BCUT2D eigenvalue weighted by Gasteiger charge is 2.28. The minimum Gasteiger partial charge on any atom is -0.485 e. The summed E-state index contributed by atoms with van der Waals surface area (Å²) in [7, 11) is 1.65. The zero-order valence-electron chi connectivity index (χ0n) is 18.8. The second kappa shape index (κ2) is 9.96. The fourth-order valence-electron chi connectivity index (χ4n) is 4.06. The van der Waals surface area contributed by atoms with Crippen LogP contribution in [0.3, 0.4) is 0 Å². The summed E-state index contributed by atoms with van der Waals surface area (Å²) in [5.74, 6) is 1.41. The molecule has 3 aromatic rings. The Balaban J connectivity index is 1.47. The summed E-state index contributed by atoms with van der Waals surface area (Å²) in [6.07, 6.45) is 1.70. The first-order valence-electron chi connectivity index (χ1n) is 11.1. The van der Waals surface area contributed by atoms with Gasteiger partial charge in [0.2, 0.25) is 0 Å². The van der Waals surface area contributed by atoms with Crippen LogP contribution in [0.15, 0.2) is 24.4 Å². The van der Waals surface area contributed by atoms with Crippen molar-refractivity contribution in [3.05, 3.63) is 35.0 Å². The van der Waals surface area contributed by atoms with Crippen LogP contribution in [0.4, 0.5) is 17.2 Å². The van der Waals surface area contributed by atoms with E-state index in [1.54, 1.807) is 24.3 Å². The Kier molecular flexibility index (Phi) is 6.61. The molecule has 1 saturated heterocycles. The number of morpholine rings is 1. The molecule has 2 aromatic heterocycles. The SMILES string of the molecule is COCCNc1cc(Nc2ccc(C(=O)N3CCOCC3)c3c2OCCO3)nc2[nH]cc(Cl)c12. The van der Waals surface area contributed by atoms with E-state index in [9.17, 15) is 4.79 Å². The molecule has 4 heterocycles. The van der Waals surface area contributed by atoms with Crippen LogP contribution in [0, 0.1) is 0 Å². The summed E-state index contributed by atoms with van der Waals surface area (Å²) >= 11 is 6.37. The molecule has 1 amide bonds. The number of amides is 1. The average Bonchev–Trinajstić information content (AvgIpc) is 3.25. The number of ether oxygens (including phenoxy) is 4. The number of carbonyl (C=O) groups is 1. The Bertz CT molecular complexity index is 1190. The van der Waals surface area contributed by atoms with Crippen molar-refractivity contribution in [3.8, 4) is 11.5 Å². The maximum atomic E-state index is 13.1. The highest BCUT2D eigenvalue weighted by Crippen LogP contribution is 2.42. The van der Waals surface area contributed by atoms with Gasteiger partial charge in [-0.2, -0.15) is 0 Å². The van der Waals surface area contributed by atoms with Gasteiger partial charge in [-0.15, -0.1) is 0 Å². The van der Waals surface area contributed by atoms with E-state index in [2.05, 4.69) is 20.6 Å². The van der Waals surface area contributed by atoms with E-state index in [1.807, 2.05) is 12.1 Å². The first kappa shape index (κ1) is 22.6. The van der Waals surface area contributed by atoms with Gasteiger partial charge in [0.25, 0.3) is 5.91 Å². The molecular formula is C23H26ClN5O5. The summed E-state index contributed by atoms with van der Waals surface area (Å²) in [5, 5.41) is 8.03. The molecule has 1 fully saturated rings. The van der Waals surface area contributed by atoms with Gasteiger partial charge < -0.3 is 39.5 Å². The van der Waals surface area contributed by atoms with E-state index in [-0.39, 0.29) is 5.91 Å². The van der Waals surface area contributed by atoms with Crippen LogP contribution in [0.25, 0.3) is 11.0 Å². The number of pyridine rings is 1. The van der Waals surface area contributed by atoms with Gasteiger partial charge in [0.1, 0.15) is 24.7 Å². The van der Waals surface area contributed by atoms with Gasteiger partial charge >= 0.3 is 0 Å². The number of halogens is 1. The van der Waals surface area contributed by atoms with Crippen LogP contribution in [-0.4, -0.2) is 80.6 Å². The Labute approximate surface area is 201 Å². The highest BCUT2D eigenvalue weighted by molar-refractivity contribution is 6.36. The zero-order valence-corrected chi connectivity index (χ0v) is 19.5. The fourth-order valence-corrected chi connectivity index (χ4v) is 4.31. The lowest BCUT2D eigenvalue weighted by atomic mass is 10.1. The number of carbonyl (C=O) groups excluding carboxylic acids is 1. The van der Waals surface area contributed by atoms with Crippen molar-refractivity contribution in [2.75, 3.05) is 70.4 Å². The number of nitrogens with one attached hydrogen (secondary N) is 3. The minimum atomic E-state index is -0.0956. The molecule has 11 heteroatoms. The first-order chi connectivity index (χ1) is 16.7. The van der Waals surface area contributed by atoms with Gasteiger partial charge in [-0.1, -0.05) is 11.6 Å². The maximum Gasteiger partial charge on any atom is 0.257 e. The molecule has 2 aliphatic heterocycles. The topological polar surface area (TPSA) is 110 Å². The van der Waals surface area contributed by atoms with E-state index < -0.39 is 0 Å². The zero-order chi connectivity index (χ0) is 23.5. The number of methoxy groups -OCH3 is 1. The smallest absolute Gasteiger partial charge is 0.257 e. The van der Waals surface area contributed by atoms with Crippen molar-refractivity contribution in [1.29, 1.82) is 0 Å². The molecule has 0 radical (unpaired) electrons. The normalized spacial score (nSPS) is 15.4. The number of rotatable bonds is 7. The van der Waals surface area contributed by atoms with Crippen LogP contribution in [0.1, 0.15) is 10.4 Å². The van der Waals surface area contributed by atoms with Crippen molar-refractivity contribution in [2.24, 2.45) is 0 Å². The van der Waals surface area contributed by atoms with Gasteiger partial charge in [0, 0.05) is 39.0 Å². The number of aromatic amines is 1. The Morgan fingerprint density at radius 1 is 1.18 bits per heavy atom. The number of nitrogens with zero attached hydrogens (tertiary/aromatic N) is 2. The second-order valence-electron chi connectivity index (χ2n) is 7.88. The molecule has 10 nitrogen and oxygen atoms in total. The highest BCUT2D eigenvalue weighted by atomic mass is 35.5. The number of H-pyrrole nitrogens is 1. The Morgan fingerprint density at radius 2 is 1.97 bits per heavy atom. The molecule has 5 rings (SSSR count). The third kappa shape index (κ3) is 4.44. The largest absolute Gasteiger partial charge is 0.485 e. The lowest BCUT2D eigenvalue weighted by Crippen LogP contribution is -2.41. The lowest BCUT2D eigenvalue weighted by molar-refractivity contribution is 0.0298. The molecular weight excluding hydrogens is 462 g/mol. The predicted octanol–water partition coefficient (Wildman–Crippen LogP) is 3.26. The molecule has 0 unspecified atom stereocenters. The molecule has 0 aliphatic carbocycles. The molecule has 3 N–H and O–H groups in total. The third-order valence-corrected chi connectivity index (χ3v) is 5.99. The van der Waals surface area contributed by atoms with E-state index >= 15 is 0 Å². The number of fused-ring (bicyclic) bond motifs is 2. The Hall–Kier alpha value is -3.21. The molecule has 1 aromatic carbocycles. The number of hydrogen-bond acceptors (Lipinski definition) is 8. The summed E-state index contributed by atoms with van der Waals surface area (Å²) in [5.41, 5.74) is 2.59. The minimum absolute atomic E-state index is 0.0956. The molecule has 0 atom stereocenters. The Morgan fingerprint density at radius 3 is 2.76 bits per heavy atom. The van der Waals surface area contributed by atoms with Crippen LogP contribution < -0.4 is 20.1 Å². The monoisotopic (exact) mass is 487 g/mol. The van der Waals surface area contributed by atoms with Crippen molar-refractivity contribution < 1.29 is 23.7 Å². The number of aromatic nitrogens is 2. The van der Waals surface area contributed by atoms with Gasteiger partial charge in [0.05, 0.1) is 47.2 Å². The quantitative estimate of drug-likeness (QED) is 0.436. The van der Waals surface area contributed by atoms with Crippen LogP contribution in [0.2, 0.25) is 5.02 Å². The average molecular weight is 488 g/mol. The van der Waals surface area contributed by atoms with Crippen molar-refractivity contribution in [2.45, 2.75) is 0 Å². The van der Waals surface area contributed by atoms with Gasteiger partial charge in [-0.25, -0.2) is 4.98 Å². The maximum absolute atomic E-state index is 13.1. The summed E-state index contributed by atoms with van der Waals surface area (Å²) in [4.78, 5) is 22.6. The van der Waals surface area contributed by atoms with Crippen LogP contribution in [-0.2, 0) is 9.47 Å². The van der Waals surface area contributed by atoms with E-state index in [0.717, 1.165) is 11.1 Å². The standard InChI is InChI=1S/C23H26ClN5O5/c1-31-7-4-25-17-12-18(28-22-19(17)15(24)13-26-22)27-16-3-2-14(20-21(16)34-11-10-33-20)23(30)29-5-8-32-9-6-29/h2-3,12-13H,4-11H2,1H3,(H3,25,26,27,28). The van der Waals surface area contributed by atoms with Crippen LogP contribution >= 0.6 is 11.6 Å². The summed E-state index contributed by atoms with van der Waals surface area (Å²) in [6.45, 7) is 4.09. The van der Waals surface area contributed by atoms with E-state index in [4.69, 9.17) is 30.5 Å². The summed E-state index contributed by atoms with van der Waals surface area (Å²) in [6, 6.07) is 5.45. The fraction of sp³-hybridized carbons (Fsp3) is 0.391. The number of hydrogen-bond donors (Lipinski definition) is 3. The van der Waals surface area contributed by atoms with E-state index in [0.29, 0.717) is 91.9 Å². The first-order valence-corrected chi connectivity index (χ1v) is 11.5. The molecule has 34 heavy (non-hydrogen) atoms. The molecule has 180 valence electrons. The molecule has 2 aliphatic rings. The summed E-state index contributed by atoms with van der Waals surface area (Å²) < 4.78 is 22.3. The number of anilines is 3. The van der Waals surface area contributed by atoms with Crippen molar-refractivity contribution in [1.82, 2.24) is 14.9 Å². The molecule has 0 spiro atoms. The van der Waals surface area contributed by atoms with Crippen molar-refractivity contribution >= 4 is 45.7 Å². The molecule has 0 bridgehead atoms. The number of benzene rings is 1. The lowest BCUT2D eigenvalue weighted by Gasteiger charge is -2.29. The molecule has 0 saturated carbocycles. The van der Waals surface area contributed by atoms with Crippen LogP contribution in [0.5, 0.6) is 11.5 Å². The second-order valence-corrected chi connectivity index (χ2v) is 8.29. The van der Waals surface area contributed by atoms with Crippen molar-refractivity contribution in [3.63, 3.8) is 0 Å². The predicted molar refractivity (Wildman–Crippen MR) is 129 cm³/mol. The third-order valence-electron chi connectivity index (χ3n) is 5.70.